The molecule has 1 rings (SSSR count). The van der Waals surface area contributed by atoms with E-state index >= 15 is 0 Å². The smallest absolute Gasteiger partial charge is 0.244 e. The number of aliphatic hydroxyl groups excluding tert-OH is 2. The van der Waals surface area contributed by atoms with E-state index < -0.39 is 28.8 Å². The van der Waals surface area contributed by atoms with E-state index in [9.17, 15) is 18.6 Å². The number of rotatable bonds is 8. The monoisotopic (exact) mass is 381 g/mol. The molecule has 21 heavy (non-hydrogen) atoms. The van der Waals surface area contributed by atoms with Crippen LogP contribution in [0.2, 0.25) is 0 Å². The zero-order valence-electron chi connectivity index (χ0n) is 12.0. The quantitative estimate of drug-likeness (QED) is 0.629. The molecule has 120 valence electrons. The first kappa shape index (κ1) is 18.4. The Balaban J connectivity index is 3.27. The van der Waals surface area contributed by atoms with Gasteiger partial charge in [-0.05, 0) is 31.5 Å². The van der Waals surface area contributed by atoms with E-state index in [0.29, 0.717) is 11.1 Å². The number of hydrogen-bond acceptors (Lipinski definition) is 5. The number of aliphatic hydroxyl groups is 2. The molecular formula is C13H20BrNO5S. The molecule has 0 aliphatic carbocycles. The minimum absolute atomic E-state index is 0.0431. The van der Waals surface area contributed by atoms with Gasteiger partial charge < -0.3 is 14.9 Å². The summed E-state index contributed by atoms with van der Waals surface area (Å²) in [5.41, 5.74) is -1.30. The molecule has 1 aromatic carbocycles. The average Bonchev–Trinajstić information content (AvgIpc) is 2.47. The standard InChI is InChI=1S/C13H20BrNO5S/c1-3-13(8-16,9-17)15-21(18,19)12-7-10(14)5-6-11(12)20-4-2/h5-7,15-17H,3-4,8-9H2,1-2H3. The Kier molecular flexibility index (Phi) is 6.61. The maximum Gasteiger partial charge on any atom is 0.244 e. The lowest BCUT2D eigenvalue weighted by molar-refractivity contribution is 0.105. The van der Waals surface area contributed by atoms with Gasteiger partial charge in [0.15, 0.2) is 0 Å². The lowest BCUT2D eigenvalue weighted by Gasteiger charge is -2.29. The van der Waals surface area contributed by atoms with E-state index in [0.717, 1.165) is 0 Å². The van der Waals surface area contributed by atoms with Crippen LogP contribution in [-0.4, -0.2) is 44.0 Å². The molecule has 1 aromatic rings. The molecule has 0 saturated carbocycles. The lowest BCUT2D eigenvalue weighted by atomic mass is 10.0. The topological polar surface area (TPSA) is 95.9 Å². The Morgan fingerprint density at radius 2 is 1.90 bits per heavy atom. The summed E-state index contributed by atoms with van der Waals surface area (Å²) in [6.07, 6.45) is 0.247. The van der Waals surface area contributed by atoms with E-state index in [1.165, 1.54) is 6.07 Å². The maximum atomic E-state index is 12.5. The van der Waals surface area contributed by atoms with Crippen LogP contribution in [-0.2, 0) is 10.0 Å². The van der Waals surface area contributed by atoms with Crippen LogP contribution in [0.4, 0.5) is 0 Å². The summed E-state index contributed by atoms with van der Waals surface area (Å²) in [7, 11) is -3.95. The number of nitrogens with one attached hydrogen (secondary N) is 1. The van der Waals surface area contributed by atoms with Crippen LogP contribution in [0.1, 0.15) is 20.3 Å². The van der Waals surface area contributed by atoms with Gasteiger partial charge in [-0.25, -0.2) is 13.1 Å². The highest BCUT2D eigenvalue weighted by Crippen LogP contribution is 2.28. The van der Waals surface area contributed by atoms with Crippen molar-refractivity contribution in [2.24, 2.45) is 0 Å². The first-order valence-electron chi connectivity index (χ1n) is 6.52. The first-order valence-corrected chi connectivity index (χ1v) is 8.79. The van der Waals surface area contributed by atoms with Crippen LogP contribution in [0.25, 0.3) is 0 Å². The second-order valence-electron chi connectivity index (χ2n) is 4.58. The highest BCUT2D eigenvalue weighted by atomic mass is 79.9. The zero-order valence-corrected chi connectivity index (χ0v) is 14.4. The summed E-state index contributed by atoms with van der Waals surface area (Å²) in [6, 6.07) is 4.64. The third-order valence-electron chi connectivity index (χ3n) is 3.13. The fourth-order valence-corrected chi connectivity index (χ4v) is 3.86. The van der Waals surface area contributed by atoms with Gasteiger partial charge in [0.1, 0.15) is 10.6 Å². The molecule has 0 fully saturated rings. The van der Waals surface area contributed by atoms with Crippen LogP contribution in [0.3, 0.4) is 0 Å². The highest BCUT2D eigenvalue weighted by Gasteiger charge is 2.34. The van der Waals surface area contributed by atoms with Crippen molar-refractivity contribution in [2.75, 3.05) is 19.8 Å². The maximum absolute atomic E-state index is 12.5. The number of halogens is 1. The van der Waals surface area contributed by atoms with Crippen molar-refractivity contribution < 1.29 is 23.4 Å². The minimum atomic E-state index is -3.95. The Hall–Kier alpha value is -0.670. The third-order valence-corrected chi connectivity index (χ3v) is 5.22. The molecule has 0 radical (unpaired) electrons. The molecule has 0 unspecified atom stereocenters. The average molecular weight is 382 g/mol. The van der Waals surface area contributed by atoms with E-state index in [2.05, 4.69) is 20.7 Å². The van der Waals surface area contributed by atoms with Crippen molar-refractivity contribution in [3.05, 3.63) is 22.7 Å². The molecule has 0 aliphatic heterocycles. The fraction of sp³-hybridized carbons (Fsp3) is 0.538. The number of ether oxygens (including phenoxy) is 1. The summed E-state index contributed by atoms with van der Waals surface area (Å²) >= 11 is 3.22. The largest absolute Gasteiger partial charge is 0.492 e. The minimum Gasteiger partial charge on any atom is -0.492 e. The Labute approximate surface area is 133 Å². The van der Waals surface area contributed by atoms with Crippen LogP contribution in [0, 0.1) is 0 Å². The number of sulfonamides is 1. The highest BCUT2D eigenvalue weighted by molar-refractivity contribution is 9.10. The van der Waals surface area contributed by atoms with E-state index in [1.54, 1.807) is 26.0 Å². The lowest BCUT2D eigenvalue weighted by Crippen LogP contribution is -2.53. The van der Waals surface area contributed by atoms with Gasteiger partial charge in [-0.1, -0.05) is 22.9 Å². The van der Waals surface area contributed by atoms with Crippen molar-refractivity contribution in [2.45, 2.75) is 30.7 Å². The molecular weight excluding hydrogens is 362 g/mol. The van der Waals surface area contributed by atoms with Crippen molar-refractivity contribution in [3.8, 4) is 5.75 Å². The van der Waals surface area contributed by atoms with Crippen LogP contribution < -0.4 is 9.46 Å². The molecule has 0 atom stereocenters. The molecule has 0 heterocycles. The van der Waals surface area contributed by atoms with Gasteiger partial charge in [0.05, 0.1) is 25.4 Å². The molecule has 0 spiro atoms. The summed E-state index contributed by atoms with van der Waals surface area (Å²) in [5.74, 6) is 0.217. The Bertz CT molecular complexity index is 564. The molecule has 6 nitrogen and oxygen atoms in total. The molecule has 0 aromatic heterocycles. The molecule has 8 heteroatoms. The molecule has 0 amide bonds. The Morgan fingerprint density at radius 3 is 2.38 bits per heavy atom. The number of hydrogen-bond donors (Lipinski definition) is 3. The Morgan fingerprint density at radius 1 is 1.29 bits per heavy atom. The van der Waals surface area contributed by atoms with Gasteiger partial charge in [-0.2, -0.15) is 0 Å². The SMILES string of the molecule is CCOc1ccc(Br)cc1S(=O)(=O)NC(CC)(CO)CO. The van der Waals surface area contributed by atoms with E-state index in [4.69, 9.17) is 4.74 Å². The molecule has 0 aliphatic rings. The molecule has 0 saturated heterocycles. The van der Waals surface area contributed by atoms with E-state index in [-0.39, 0.29) is 17.1 Å². The van der Waals surface area contributed by atoms with Gasteiger partial charge >= 0.3 is 0 Å². The van der Waals surface area contributed by atoms with Gasteiger partial charge in [0, 0.05) is 4.47 Å². The van der Waals surface area contributed by atoms with Crippen molar-refractivity contribution in [1.82, 2.24) is 4.72 Å². The third kappa shape index (κ3) is 4.40. The fourth-order valence-electron chi connectivity index (χ4n) is 1.72. The van der Waals surface area contributed by atoms with Crippen molar-refractivity contribution in [1.29, 1.82) is 0 Å². The van der Waals surface area contributed by atoms with Crippen molar-refractivity contribution in [3.63, 3.8) is 0 Å². The van der Waals surface area contributed by atoms with Crippen LogP contribution >= 0.6 is 15.9 Å². The molecule has 3 N–H and O–H groups in total. The summed E-state index contributed by atoms with van der Waals surface area (Å²) in [6.45, 7) is 2.75. The second-order valence-corrected chi connectivity index (χ2v) is 7.15. The van der Waals surface area contributed by atoms with Gasteiger partial charge in [0.25, 0.3) is 0 Å². The van der Waals surface area contributed by atoms with E-state index in [1.807, 2.05) is 0 Å². The summed E-state index contributed by atoms with van der Waals surface area (Å²) in [5, 5.41) is 18.8. The van der Waals surface area contributed by atoms with Gasteiger partial charge in [-0.3, -0.25) is 0 Å². The van der Waals surface area contributed by atoms with Crippen LogP contribution in [0.15, 0.2) is 27.6 Å². The van der Waals surface area contributed by atoms with Gasteiger partial charge in [-0.15, -0.1) is 0 Å². The zero-order chi connectivity index (χ0) is 16.1. The van der Waals surface area contributed by atoms with Crippen LogP contribution in [0.5, 0.6) is 5.75 Å². The predicted octanol–water partition coefficient (Wildman–Crippen LogP) is 1.26. The first-order chi connectivity index (χ1) is 9.84. The van der Waals surface area contributed by atoms with Gasteiger partial charge in [0.2, 0.25) is 10.0 Å². The summed E-state index contributed by atoms with van der Waals surface area (Å²) in [4.78, 5) is -0.0431. The molecule has 0 bridgehead atoms. The number of benzene rings is 1. The van der Waals surface area contributed by atoms with Crippen molar-refractivity contribution >= 4 is 26.0 Å². The second kappa shape index (κ2) is 7.55. The summed E-state index contributed by atoms with van der Waals surface area (Å²) < 4.78 is 33.4. The predicted molar refractivity (Wildman–Crippen MR) is 82.8 cm³/mol. The normalized spacial score (nSPS) is 12.4.